The van der Waals surface area contributed by atoms with E-state index in [4.69, 9.17) is 9.47 Å². The van der Waals surface area contributed by atoms with E-state index in [1.54, 1.807) is 36.4 Å². The summed E-state index contributed by atoms with van der Waals surface area (Å²) in [5, 5.41) is 27.6. The van der Waals surface area contributed by atoms with E-state index in [0.717, 1.165) is 95.0 Å². The zero-order valence-corrected chi connectivity index (χ0v) is 34.8. The fourth-order valence-corrected chi connectivity index (χ4v) is 9.18. The molecule has 1 aromatic heterocycles. The van der Waals surface area contributed by atoms with Crippen molar-refractivity contribution >= 4 is 17.0 Å². The van der Waals surface area contributed by atoms with Gasteiger partial charge >= 0.3 is 6.09 Å². The number of hydrogen-bond acceptors (Lipinski definition) is 7. The monoisotopic (exact) mass is 837 g/mol. The van der Waals surface area contributed by atoms with Gasteiger partial charge in [-0.3, -0.25) is 4.79 Å². The maximum absolute atomic E-state index is 16.2. The number of aromatic hydroxyl groups is 1. The summed E-state index contributed by atoms with van der Waals surface area (Å²) < 4.78 is 44.7. The number of phenolic OH excluding ortho intramolecular Hbond substituents is 1. The van der Waals surface area contributed by atoms with Gasteiger partial charge < -0.3 is 39.8 Å². The van der Waals surface area contributed by atoms with Crippen molar-refractivity contribution in [3.05, 3.63) is 141 Å². The lowest BCUT2D eigenvalue weighted by Gasteiger charge is -2.52. The first-order valence-corrected chi connectivity index (χ1v) is 22.0. The van der Waals surface area contributed by atoms with Crippen LogP contribution in [0.25, 0.3) is 10.9 Å². The average molecular weight is 838 g/mol. The van der Waals surface area contributed by atoms with Gasteiger partial charge in [-0.25, -0.2) is 13.6 Å². The third-order valence-electron chi connectivity index (χ3n) is 12.7. The van der Waals surface area contributed by atoms with Gasteiger partial charge in [0.15, 0.2) is 17.7 Å². The number of carbonyl (C=O) groups excluding carboxylic acids is 1. The van der Waals surface area contributed by atoms with Crippen LogP contribution in [0.4, 0.5) is 13.6 Å². The fourth-order valence-electron chi connectivity index (χ4n) is 9.18. The van der Waals surface area contributed by atoms with Crippen molar-refractivity contribution in [3.63, 3.8) is 0 Å². The zero-order valence-electron chi connectivity index (χ0n) is 34.8. The predicted molar refractivity (Wildman–Crippen MR) is 233 cm³/mol. The Labute approximate surface area is 356 Å². The van der Waals surface area contributed by atoms with Crippen LogP contribution in [0.2, 0.25) is 0 Å². The van der Waals surface area contributed by atoms with Crippen molar-refractivity contribution in [3.8, 4) is 11.5 Å². The second-order valence-electron chi connectivity index (χ2n) is 16.8. The van der Waals surface area contributed by atoms with E-state index >= 15 is 8.78 Å². The highest BCUT2D eigenvalue weighted by Gasteiger charge is 2.47. The number of halogens is 2. The summed E-state index contributed by atoms with van der Waals surface area (Å²) >= 11 is 0. The molecule has 3 aliphatic rings. The first-order chi connectivity index (χ1) is 29.7. The van der Waals surface area contributed by atoms with Crippen molar-refractivity contribution in [1.82, 2.24) is 15.6 Å². The number of amides is 1. The van der Waals surface area contributed by atoms with E-state index in [0.29, 0.717) is 35.0 Å². The summed E-state index contributed by atoms with van der Waals surface area (Å²) in [4.78, 5) is 27.9. The normalized spacial score (nSPS) is 19.4. The number of aliphatic hydroxyl groups excluding tert-OH is 1. The minimum atomic E-state index is -1.12. The van der Waals surface area contributed by atoms with Gasteiger partial charge in [-0.2, -0.15) is 0 Å². The van der Waals surface area contributed by atoms with Crippen LogP contribution >= 0.6 is 0 Å². The van der Waals surface area contributed by atoms with Crippen molar-refractivity contribution < 1.29 is 37.7 Å². The molecule has 3 fully saturated rings. The molecular formula is C49H59F2N4O6+. The molecular weight excluding hydrogens is 779 g/mol. The van der Waals surface area contributed by atoms with E-state index < -0.39 is 29.9 Å². The number of fused-ring (bicyclic) bond motifs is 4. The van der Waals surface area contributed by atoms with Gasteiger partial charge in [-0.1, -0.05) is 98.8 Å². The maximum atomic E-state index is 16.2. The third-order valence-corrected chi connectivity index (χ3v) is 12.7. The summed E-state index contributed by atoms with van der Waals surface area (Å²) in [5.41, 5.74) is 2.18. The highest BCUT2D eigenvalue weighted by molar-refractivity contribution is 5.87. The number of hydrogen-bond donors (Lipinski definition) is 5. The standard InChI is InChI=1S/C49H58F2N4O6/c50-39-20-22-42(60-31-13-5-3-1-2-4-12-27-52-32-41(57)37-18-21-40(56)48-38(37)19-23-44(58)53-48)46(51)45(39)47(36-16-10-7-11-17-36)54-49(59)61-43-33-55(29-25-35(43)26-30-55)28-24-34-14-8-6-9-15-34/h6-11,14-23,35,41,43,47,52,57H,1-5,12-13,24-33H2,(H2-,53,54,56,58,59)/p+1/t35?,41-,43-,47?,55?/m0/s1. The molecule has 5 aromatic rings. The van der Waals surface area contributed by atoms with Crippen LogP contribution in [0.15, 0.2) is 102 Å². The summed E-state index contributed by atoms with van der Waals surface area (Å²) in [6.07, 6.45) is 7.90. The van der Waals surface area contributed by atoms with Crippen molar-refractivity contribution in [2.75, 3.05) is 45.9 Å². The Balaban J connectivity index is 0.838. The number of rotatable bonds is 21. The minimum absolute atomic E-state index is 0.0367. The molecule has 3 saturated heterocycles. The number of carbonyl (C=O) groups is 1. The van der Waals surface area contributed by atoms with Crippen molar-refractivity contribution in [1.29, 1.82) is 0 Å². The number of phenols is 1. The van der Waals surface area contributed by atoms with Crippen LogP contribution in [-0.2, 0) is 11.2 Å². The van der Waals surface area contributed by atoms with Gasteiger partial charge in [0, 0.05) is 43.2 Å². The summed E-state index contributed by atoms with van der Waals surface area (Å²) in [7, 11) is 0. The number of nitrogens with one attached hydrogen (secondary N) is 3. The third kappa shape index (κ3) is 11.3. The molecule has 8 rings (SSSR count). The Hall–Kier alpha value is -5.30. The second-order valence-corrected chi connectivity index (χ2v) is 16.8. The molecule has 5 N–H and O–H groups in total. The molecule has 4 heterocycles. The number of aromatic amines is 1. The van der Waals surface area contributed by atoms with Crippen LogP contribution < -0.4 is 20.9 Å². The van der Waals surface area contributed by atoms with E-state index in [2.05, 4.69) is 39.9 Å². The number of benzene rings is 4. The molecule has 0 saturated carbocycles. The first-order valence-electron chi connectivity index (χ1n) is 22.0. The van der Waals surface area contributed by atoms with Gasteiger partial charge in [0.05, 0.1) is 49.5 Å². The molecule has 0 spiro atoms. The van der Waals surface area contributed by atoms with Gasteiger partial charge in [-0.15, -0.1) is 0 Å². The zero-order chi connectivity index (χ0) is 42.6. The second kappa shape index (κ2) is 21.0. The topological polar surface area (TPSA) is 133 Å². The maximum Gasteiger partial charge on any atom is 0.408 e. The van der Waals surface area contributed by atoms with Crippen LogP contribution in [0.5, 0.6) is 11.5 Å². The quantitative estimate of drug-likeness (QED) is 0.0370. The van der Waals surface area contributed by atoms with E-state index in [1.165, 1.54) is 29.8 Å². The van der Waals surface area contributed by atoms with E-state index in [1.807, 2.05) is 12.1 Å². The molecule has 12 heteroatoms. The molecule has 324 valence electrons. The SMILES string of the molecule is O=C(NC(c1ccccc1)c1c(F)ccc(OCCCCCCCCCNC[C@H](O)c2ccc(O)c3[nH]c(=O)ccc23)c1F)O[C@H]1C[N+]2(CCc3ccccc3)CCC1CC2. The van der Waals surface area contributed by atoms with E-state index in [9.17, 15) is 19.8 Å². The highest BCUT2D eigenvalue weighted by atomic mass is 19.1. The number of quaternary nitrogens is 1. The van der Waals surface area contributed by atoms with Crippen LogP contribution in [0.3, 0.4) is 0 Å². The summed E-state index contributed by atoms with van der Waals surface area (Å²) in [6, 6.07) is 26.8. The van der Waals surface area contributed by atoms with Gasteiger partial charge in [0.2, 0.25) is 5.56 Å². The van der Waals surface area contributed by atoms with E-state index in [-0.39, 0.29) is 41.3 Å². The Morgan fingerprint density at radius 2 is 1.56 bits per heavy atom. The summed E-state index contributed by atoms with van der Waals surface area (Å²) in [6.45, 7) is 5.23. The molecule has 10 nitrogen and oxygen atoms in total. The largest absolute Gasteiger partial charge is 0.506 e. The van der Waals surface area contributed by atoms with Crippen LogP contribution in [-0.4, -0.2) is 77.8 Å². The Morgan fingerprint density at radius 1 is 0.852 bits per heavy atom. The lowest BCUT2D eigenvalue weighted by atomic mass is 9.83. The smallest absolute Gasteiger partial charge is 0.408 e. The number of H-pyrrole nitrogens is 1. The number of ether oxygens (including phenoxy) is 2. The molecule has 1 unspecified atom stereocenters. The van der Waals surface area contributed by atoms with Crippen molar-refractivity contribution in [2.24, 2.45) is 5.92 Å². The molecule has 0 aliphatic carbocycles. The van der Waals surface area contributed by atoms with Gasteiger partial charge in [0.25, 0.3) is 0 Å². The minimum Gasteiger partial charge on any atom is -0.506 e. The number of nitrogens with zero attached hydrogens (tertiary/aromatic N) is 1. The Bertz CT molecular complexity index is 2250. The molecule has 61 heavy (non-hydrogen) atoms. The Morgan fingerprint density at radius 3 is 2.31 bits per heavy atom. The molecule has 2 bridgehead atoms. The Kier molecular flexibility index (Phi) is 15.1. The number of unbranched alkanes of at least 4 members (excludes halogenated alkanes) is 6. The number of aromatic nitrogens is 1. The van der Waals surface area contributed by atoms with Crippen LogP contribution in [0.1, 0.15) is 92.2 Å². The highest BCUT2D eigenvalue weighted by Crippen LogP contribution is 2.37. The molecule has 4 aromatic carbocycles. The number of alkyl carbamates (subject to hydrolysis) is 1. The van der Waals surface area contributed by atoms with Crippen molar-refractivity contribution in [2.45, 2.75) is 82.5 Å². The number of piperidine rings is 3. The molecule has 3 aliphatic heterocycles. The lowest BCUT2D eigenvalue weighted by Crippen LogP contribution is -2.65. The fraction of sp³-hybridized carbons (Fsp3) is 0.429. The average Bonchev–Trinajstić information content (AvgIpc) is 3.27. The molecule has 3 atom stereocenters. The first kappa shape index (κ1) is 43.8. The summed E-state index contributed by atoms with van der Waals surface area (Å²) in [5.74, 6) is -1.43. The van der Waals surface area contributed by atoms with Gasteiger partial charge in [-0.05, 0) is 60.3 Å². The number of pyridine rings is 1. The lowest BCUT2D eigenvalue weighted by molar-refractivity contribution is -0.946. The number of aliphatic hydroxyl groups is 1. The predicted octanol–water partition coefficient (Wildman–Crippen LogP) is 8.61. The van der Waals surface area contributed by atoms with Crippen LogP contribution in [0, 0.1) is 17.6 Å². The molecule has 0 radical (unpaired) electrons. The molecule has 1 amide bonds. The van der Waals surface area contributed by atoms with Gasteiger partial charge in [0.1, 0.15) is 18.1 Å².